The SMILES string of the molecule is CSCCC(=O)Nc1ccc(NC(C)=O)cc1C(=O)O. The van der Waals surface area contributed by atoms with Crippen LogP contribution in [0, 0.1) is 0 Å². The summed E-state index contributed by atoms with van der Waals surface area (Å²) >= 11 is 1.54. The predicted octanol–water partition coefficient (Wildman–Crippen LogP) is 2.03. The number of aromatic carboxylic acids is 1. The molecule has 0 saturated heterocycles. The van der Waals surface area contributed by atoms with Crippen LogP contribution in [0.1, 0.15) is 23.7 Å². The quantitative estimate of drug-likeness (QED) is 0.746. The number of hydrogen-bond donors (Lipinski definition) is 3. The van der Waals surface area contributed by atoms with Gasteiger partial charge in [0.25, 0.3) is 0 Å². The normalized spacial score (nSPS) is 9.90. The van der Waals surface area contributed by atoms with Crippen molar-refractivity contribution >= 4 is 40.9 Å². The van der Waals surface area contributed by atoms with E-state index >= 15 is 0 Å². The molecule has 20 heavy (non-hydrogen) atoms. The van der Waals surface area contributed by atoms with Crippen molar-refractivity contribution in [2.45, 2.75) is 13.3 Å². The van der Waals surface area contributed by atoms with E-state index in [1.165, 1.54) is 36.9 Å². The highest BCUT2D eigenvalue weighted by atomic mass is 32.2. The lowest BCUT2D eigenvalue weighted by Crippen LogP contribution is -2.15. The van der Waals surface area contributed by atoms with Crippen LogP contribution < -0.4 is 10.6 Å². The van der Waals surface area contributed by atoms with E-state index in [4.69, 9.17) is 5.11 Å². The summed E-state index contributed by atoms with van der Waals surface area (Å²) in [6, 6.07) is 4.32. The van der Waals surface area contributed by atoms with Gasteiger partial charge in [-0.05, 0) is 24.5 Å². The second-order valence-electron chi connectivity index (χ2n) is 4.04. The molecule has 0 bridgehead atoms. The van der Waals surface area contributed by atoms with Crippen LogP contribution in [0.4, 0.5) is 11.4 Å². The monoisotopic (exact) mass is 296 g/mol. The van der Waals surface area contributed by atoms with Gasteiger partial charge >= 0.3 is 5.97 Å². The Morgan fingerprint density at radius 3 is 2.50 bits per heavy atom. The van der Waals surface area contributed by atoms with E-state index in [0.717, 1.165) is 0 Å². The van der Waals surface area contributed by atoms with Gasteiger partial charge in [0.15, 0.2) is 0 Å². The summed E-state index contributed by atoms with van der Waals surface area (Å²) in [5.41, 5.74) is 0.531. The first-order valence-electron chi connectivity index (χ1n) is 5.87. The number of amides is 2. The van der Waals surface area contributed by atoms with Gasteiger partial charge < -0.3 is 15.7 Å². The molecule has 0 aromatic heterocycles. The van der Waals surface area contributed by atoms with Crippen molar-refractivity contribution in [1.29, 1.82) is 0 Å². The van der Waals surface area contributed by atoms with Crippen LogP contribution in [-0.2, 0) is 9.59 Å². The van der Waals surface area contributed by atoms with Gasteiger partial charge in [-0.2, -0.15) is 11.8 Å². The zero-order chi connectivity index (χ0) is 15.1. The molecule has 1 aromatic rings. The van der Waals surface area contributed by atoms with Crippen LogP contribution in [0.2, 0.25) is 0 Å². The second kappa shape index (κ2) is 7.54. The minimum Gasteiger partial charge on any atom is -0.478 e. The average molecular weight is 296 g/mol. The van der Waals surface area contributed by atoms with Crippen LogP contribution in [0.5, 0.6) is 0 Å². The van der Waals surface area contributed by atoms with E-state index in [9.17, 15) is 14.4 Å². The average Bonchev–Trinajstić information content (AvgIpc) is 2.37. The molecule has 0 spiro atoms. The Labute approximate surface area is 120 Å². The molecule has 7 heteroatoms. The Hall–Kier alpha value is -2.02. The molecular weight excluding hydrogens is 280 g/mol. The number of carboxylic acid groups (broad SMARTS) is 1. The highest BCUT2D eigenvalue weighted by molar-refractivity contribution is 7.98. The molecule has 3 N–H and O–H groups in total. The van der Waals surface area contributed by atoms with Crippen molar-refractivity contribution in [3.8, 4) is 0 Å². The van der Waals surface area contributed by atoms with Crippen LogP contribution in [0.3, 0.4) is 0 Å². The maximum atomic E-state index is 11.6. The topological polar surface area (TPSA) is 95.5 Å². The number of carboxylic acids is 1. The lowest BCUT2D eigenvalue weighted by Gasteiger charge is -2.10. The second-order valence-corrected chi connectivity index (χ2v) is 5.02. The van der Waals surface area contributed by atoms with Gasteiger partial charge in [-0.3, -0.25) is 9.59 Å². The highest BCUT2D eigenvalue weighted by Crippen LogP contribution is 2.21. The van der Waals surface area contributed by atoms with E-state index in [1.54, 1.807) is 0 Å². The first kappa shape index (κ1) is 16.0. The fraction of sp³-hybridized carbons (Fsp3) is 0.308. The fourth-order valence-corrected chi connectivity index (χ4v) is 1.91. The summed E-state index contributed by atoms with van der Waals surface area (Å²) in [5.74, 6) is -1.04. The minimum atomic E-state index is -1.17. The van der Waals surface area contributed by atoms with E-state index in [1.807, 2.05) is 6.26 Å². The summed E-state index contributed by atoms with van der Waals surface area (Å²) in [4.78, 5) is 33.8. The molecule has 0 aliphatic rings. The molecule has 6 nitrogen and oxygen atoms in total. The Balaban J connectivity index is 2.92. The highest BCUT2D eigenvalue weighted by Gasteiger charge is 2.13. The number of thioether (sulfide) groups is 1. The van der Waals surface area contributed by atoms with Crippen LogP contribution >= 0.6 is 11.8 Å². The molecule has 0 unspecified atom stereocenters. The Bertz CT molecular complexity index is 531. The van der Waals surface area contributed by atoms with Crippen LogP contribution in [0.25, 0.3) is 0 Å². The third-order valence-electron chi connectivity index (χ3n) is 2.38. The lowest BCUT2D eigenvalue weighted by molar-refractivity contribution is -0.116. The van der Waals surface area contributed by atoms with Gasteiger partial charge in [-0.25, -0.2) is 4.79 Å². The molecule has 1 rings (SSSR count). The van der Waals surface area contributed by atoms with E-state index < -0.39 is 5.97 Å². The predicted molar refractivity (Wildman–Crippen MR) is 79.3 cm³/mol. The zero-order valence-corrected chi connectivity index (χ0v) is 12.0. The first-order chi connectivity index (χ1) is 9.43. The molecule has 2 amide bonds. The Morgan fingerprint density at radius 2 is 1.95 bits per heavy atom. The molecule has 0 heterocycles. The first-order valence-corrected chi connectivity index (χ1v) is 7.27. The number of anilines is 2. The van der Waals surface area contributed by atoms with E-state index in [-0.39, 0.29) is 23.1 Å². The smallest absolute Gasteiger partial charge is 0.337 e. The van der Waals surface area contributed by atoms with Gasteiger partial charge in [-0.15, -0.1) is 0 Å². The molecular formula is C13H16N2O4S. The van der Waals surface area contributed by atoms with Crippen molar-refractivity contribution in [1.82, 2.24) is 0 Å². The third-order valence-corrected chi connectivity index (χ3v) is 2.99. The number of rotatable bonds is 6. The van der Waals surface area contributed by atoms with Gasteiger partial charge in [0.2, 0.25) is 11.8 Å². The van der Waals surface area contributed by atoms with Gasteiger partial charge in [-0.1, -0.05) is 0 Å². The summed E-state index contributed by atoms with van der Waals surface area (Å²) in [7, 11) is 0. The fourth-order valence-electron chi connectivity index (χ4n) is 1.52. The molecule has 108 valence electrons. The molecule has 0 fully saturated rings. The van der Waals surface area contributed by atoms with Crippen molar-refractivity contribution in [2.75, 3.05) is 22.6 Å². The van der Waals surface area contributed by atoms with Crippen molar-refractivity contribution in [3.05, 3.63) is 23.8 Å². The largest absolute Gasteiger partial charge is 0.478 e. The minimum absolute atomic E-state index is 0.0613. The van der Waals surface area contributed by atoms with Crippen LogP contribution in [0.15, 0.2) is 18.2 Å². The Kier molecular flexibility index (Phi) is 6.05. The van der Waals surface area contributed by atoms with Crippen molar-refractivity contribution in [2.24, 2.45) is 0 Å². The molecule has 0 atom stereocenters. The molecule has 0 radical (unpaired) electrons. The number of nitrogens with one attached hydrogen (secondary N) is 2. The van der Waals surface area contributed by atoms with Crippen LogP contribution in [-0.4, -0.2) is 34.9 Å². The molecule has 1 aromatic carbocycles. The van der Waals surface area contributed by atoms with Crippen molar-refractivity contribution < 1.29 is 19.5 Å². The van der Waals surface area contributed by atoms with Gasteiger partial charge in [0.1, 0.15) is 0 Å². The molecule has 0 aliphatic carbocycles. The summed E-state index contributed by atoms with van der Waals surface area (Å²) in [5, 5.41) is 14.2. The molecule has 0 aliphatic heterocycles. The maximum absolute atomic E-state index is 11.6. The third kappa shape index (κ3) is 4.93. The maximum Gasteiger partial charge on any atom is 0.337 e. The summed E-state index contributed by atoms with van der Waals surface area (Å²) in [6.07, 6.45) is 2.20. The van der Waals surface area contributed by atoms with Crippen molar-refractivity contribution in [3.63, 3.8) is 0 Å². The van der Waals surface area contributed by atoms with Gasteiger partial charge in [0, 0.05) is 24.8 Å². The van der Waals surface area contributed by atoms with Gasteiger partial charge in [0.05, 0.1) is 11.3 Å². The Morgan fingerprint density at radius 1 is 1.25 bits per heavy atom. The van der Waals surface area contributed by atoms with E-state index in [0.29, 0.717) is 17.9 Å². The number of carbonyl (C=O) groups excluding carboxylic acids is 2. The number of benzene rings is 1. The summed E-state index contributed by atoms with van der Waals surface area (Å²) in [6.45, 7) is 1.33. The lowest BCUT2D eigenvalue weighted by atomic mass is 10.1. The number of hydrogen-bond acceptors (Lipinski definition) is 4. The van der Waals surface area contributed by atoms with E-state index in [2.05, 4.69) is 10.6 Å². The zero-order valence-electron chi connectivity index (χ0n) is 11.2. The molecule has 0 saturated carbocycles. The summed E-state index contributed by atoms with van der Waals surface area (Å²) < 4.78 is 0. The number of carbonyl (C=O) groups is 3. The standard InChI is InChI=1S/C13H16N2O4S/c1-8(16)14-9-3-4-11(10(7-9)13(18)19)15-12(17)5-6-20-2/h3-4,7H,5-6H2,1-2H3,(H,14,16)(H,15,17)(H,18,19).